The molecule has 1 aromatic heterocycles. The van der Waals surface area contributed by atoms with E-state index in [0.29, 0.717) is 6.54 Å². The van der Waals surface area contributed by atoms with E-state index >= 15 is 0 Å². The van der Waals surface area contributed by atoms with E-state index in [-0.39, 0.29) is 10.6 Å². The second-order valence-electron chi connectivity index (χ2n) is 5.73. The number of para-hydroxylation sites is 1. The fraction of sp³-hybridized carbons (Fsp3) is 0.167. The van der Waals surface area contributed by atoms with Gasteiger partial charge in [-0.15, -0.1) is 0 Å². The number of nitrogens with zero attached hydrogens (tertiary/aromatic N) is 4. The normalized spacial score (nSPS) is 10.9. The van der Waals surface area contributed by atoms with Crippen LogP contribution in [0.5, 0.6) is 0 Å². The average molecular weight is 322 g/mol. The first kappa shape index (κ1) is 15.9. The van der Waals surface area contributed by atoms with Crippen LogP contribution in [0, 0.1) is 10.1 Å². The van der Waals surface area contributed by atoms with Crippen LogP contribution in [0.2, 0.25) is 0 Å². The van der Waals surface area contributed by atoms with Crippen molar-refractivity contribution in [1.29, 1.82) is 0 Å². The van der Waals surface area contributed by atoms with Gasteiger partial charge in [0.2, 0.25) is 0 Å². The van der Waals surface area contributed by atoms with E-state index in [4.69, 9.17) is 0 Å². The van der Waals surface area contributed by atoms with E-state index in [0.717, 1.165) is 23.4 Å². The minimum absolute atomic E-state index is 0.123. The third kappa shape index (κ3) is 3.85. The summed E-state index contributed by atoms with van der Waals surface area (Å²) >= 11 is 0. The van der Waals surface area contributed by atoms with Crippen molar-refractivity contribution in [3.63, 3.8) is 0 Å². The van der Waals surface area contributed by atoms with Crippen molar-refractivity contribution in [2.45, 2.75) is 13.1 Å². The smallest absolute Gasteiger partial charge is 0.269 e. The highest BCUT2D eigenvalue weighted by molar-refractivity contribution is 5.34. The van der Waals surface area contributed by atoms with Crippen LogP contribution >= 0.6 is 0 Å². The molecule has 122 valence electrons. The SMILES string of the molecule is CN(Cc1cccc([N+](=O)[O-])c1)Cc1cnn(-c2ccccc2)c1. The summed E-state index contributed by atoms with van der Waals surface area (Å²) < 4.78 is 1.84. The topological polar surface area (TPSA) is 64.2 Å². The zero-order valence-corrected chi connectivity index (χ0v) is 13.4. The van der Waals surface area contributed by atoms with Gasteiger partial charge in [-0.05, 0) is 24.7 Å². The van der Waals surface area contributed by atoms with Crippen molar-refractivity contribution in [3.8, 4) is 5.69 Å². The van der Waals surface area contributed by atoms with Crippen LogP contribution in [0.4, 0.5) is 5.69 Å². The van der Waals surface area contributed by atoms with Crippen LogP contribution in [0.3, 0.4) is 0 Å². The minimum Gasteiger partial charge on any atom is -0.298 e. The molecule has 0 atom stereocenters. The molecule has 0 N–H and O–H groups in total. The Morgan fingerprint density at radius 2 is 1.83 bits per heavy atom. The summed E-state index contributed by atoms with van der Waals surface area (Å²) in [5.41, 5.74) is 3.15. The van der Waals surface area contributed by atoms with Gasteiger partial charge in [-0.1, -0.05) is 30.3 Å². The molecule has 3 aromatic rings. The molecule has 6 nitrogen and oxygen atoms in total. The van der Waals surface area contributed by atoms with E-state index in [1.165, 1.54) is 6.07 Å². The van der Waals surface area contributed by atoms with Gasteiger partial charge in [0, 0.05) is 37.0 Å². The highest BCUT2D eigenvalue weighted by Crippen LogP contribution is 2.15. The summed E-state index contributed by atoms with van der Waals surface area (Å²) in [5.74, 6) is 0. The molecule has 0 aliphatic heterocycles. The number of hydrogen-bond acceptors (Lipinski definition) is 4. The largest absolute Gasteiger partial charge is 0.298 e. The van der Waals surface area contributed by atoms with Crippen molar-refractivity contribution < 1.29 is 4.92 Å². The highest BCUT2D eigenvalue weighted by atomic mass is 16.6. The van der Waals surface area contributed by atoms with Crippen LogP contribution in [-0.4, -0.2) is 26.7 Å². The molecule has 2 aromatic carbocycles. The monoisotopic (exact) mass is 322 g/mol. The Labute approximate surface area is 140 Å². The van der Waals surface area contributed by atoms with Crippen molar-refractivity contribution >= 4 is 5.69 Å². The molecule has 0 fully saturated rings. The number of hydrogen-bond donors (Lipinski definition) is 0. The van der Waals surface area contributed by atoms with Crippen molar-refractivity contribution in [2.75, 3.05) is 7.05 Å². The maximum absolute atomic E-state index is 10.8. The van der Waals surface area contributed by atoms with Gasteiger partial charge in [-0.25, -0.2) is 4.68 Å². The van der Waals surface area contributed by atoms with Crippen LogP contribution in [-0.2, 0) is 13.1 Å². The zero-order chi connectivity index (χ0) is 16.9. The van der Waals surface area contributed by atoms with Gasteiger partial charge >= 0.3 is 0 Å². The molecule has 0 bridgehead atoms. The third-order valence-electron chi connectivity index (χ3n) is 3.68. The molecule has 0 spiro atoms. The summed E-state index contributed by atoms with van der Waals surface area (Å²) in [4.78, 5) is 12.6. The first-order valence-corrected chi connectivity index (χ1v) is 7.62. The second-order valence-corrected chi connectivity index (χ2v) is 5.73. The molecule has 1 heterocycles. The summed E-state index contributed by atoms with van der Waals surface area (Å²) in [6.07, 6.45) is 3.84. The average Bonchev–Trinajstić information content (AvgIpc) is 3.04. The fourth-order valence-electron chi connectivity index (χ4n) is 2.61. The zero-order valence-electron chi connectivity index (χ0n) is 13.4. The maximum atomic E-state index is 10.8. The van der Waals surface area contributed by atoms with E-state index in [1.54, 1.807) is 12.1 Å². The molecule has 0 aliphatic rings. The molecule has 24 heavy (non-hydrogen) atoms. The number of nitro groups is 1. The van der Waals surface area contributed by atoms with Gasteiger partial charge in [0.05, 0.1) is 16.8 Å². The molecule has 0 radical (unpaired) electrons. The van der Waals surface area contributed by atoms with Crippen molar-refractivity contribution in [1.82, 2.24) is 14.7 Å². The highest BCUT2D eigenvalue weighted by Gasteiger charge is 2.09. The Morgan fingerprint density at radius 1 is 1.08 bits per heavy atom. The standard InChI is InChI=1S/C18H18N4O2/c1-20(12-15-6-5-9-18(10-15)22(23)24)13-16-11-19-21(14-16)17-7-3-2-4-8-17/h2-11,14H,12-13H2,1H3. The predicted octanol–water partition coefficient (Wildman–Crippen LogP) is 3.41. The summed E-state index contributed by atoms with van der Waals surface area (Å²) in [5, 5.41) is 15.2. The van der Waals surface area contributed by atoms with Gasteiger partial charge < -0.3 is 0 Å². The first-order chi connectivity index (χ1) is 11.6. The Bertz CT molecular complexity index is 830. The molecule has 0 amide bonds. The number of nitro benzene ring substituents is 1. The van der Waals surface area contributed by atoms with E-state index in [9.17, 15) is 10.1 Å². The summed E-state index contributed by atoms with van der Waals surface area (Å²) in [7, 11) is 1.98. The van der Waals surface area contributed by atoms with E-state index in [2.05, 4.69) is 10.00 Å². The first-order valence-electron chi connectivity index (χ1n) is 7.62. The summed E-state index contributed by atoms with van der Waals surface area (Å²) in [6.45, 7) is 1.35. The lowest BCUT2D eigenvalue weighted by Crippen LogP contribution is -2.17. The van der Waals surface area contributed by atoms with Crippen LogP contribution < -0.4 is 0 Å². The fourth-order valence-corrected chi connectivity index (χ4v) is 2.61. The Morgan fingerprint density at radius 3 is 2.58 bits per heavy atom. The Hall–Kier alpha value is -2.99. The molecular formula is C18H18N4O2. The van der Waals surface area contributed by atoms with Crippen LogP contribution in [0.1, 0.15) is 11.1 Å². The van der Waals surface area contributed by atoms with Gasteiger partial charge in [-0.2, -0.15) is 5.10 Å². The Kier molecular flexibility index (Phi) is 4.67. The molecule has 0 unspecified atom stereocenters. The predicted molar refractivity (Wildman–Crippen MR) is 91.8 cm³/mol. The minimum atomic E-state index is -0.368. The van der Waals surface area contributed by atoms with Crippen LogP contribution in [0.15, 0.2) is 67.0 Å². The van der Waals surface area contributed by atoms with E-state index in [1.807, 2.05) is 60.5 Å². The third-order valence-corrected chi connectivity index (χ3v) is 3.68. The van der Waals surface area contributed by atoms with Gasteiger partial charge in [0.25, 0.3) is 5.69 Å². The summed E-state index contributed by atoms with van der Waals surface area (Å²) in [6, 6.07) is 16.7. The number of aromatic nitrogens is 2. The number of rotatable bonds is 6. The lowest BCUT2D eigenvalue weighted by molar-refractivity contribution is -0.384. The molecule has 3 rings (SSSR count). The maximum Gasteiger partial charge on any atom is 0.269 e. The quantitative estimate of drug-likeness (QED) is 0.515. The lowest BCUT2D eigenvalue weighted by Gasteiger charge is -2.15. The van der Waals surface area contributed by atoms with Crippen molar-refractivity contribution in [3.05, 3.63) is 88.2 Å². The lowest BCUT2D eigenvalue weighted by atomic mass is 10.2. The molecule has 0 aliphatic carbocycles. The number of benzene rings is 2. The van der Waals surface area contributed by atoms with E-state index < -0.39 is 0 Å². The second kappa shape index (κ2) is 7.06. The van der Waals surface area contributed by atoms with Gasteiger partial charge in [0.15, 0.2) is 0 Å². The Balaban J connectivity index is 1.65. The van der Waals surface area contributed by atoms with Crippen molar-refractivity contribution in [2.24, 2.45) is 0 Å². The molecule has 0 saturated carbocycles. The molecule has 0 saturated heterocycles. The van der Waals surface area contributed by atoms with Gasteiger partial charge in [0.1, 0.15) is 0 Å². The number of non-ortho nitro benzene ring substituents is 1. The molecular weight excluding hydrogens is 304 g/mol. The van der Waals surface area contributed by atoms with Gasteiger partial charge in [-0.3, -0.25) is 15.0 Å². The van der Waals surface area contributed by atoms with Crippen LogP contribution in [0.25, 0.3) is 5.69 Å². The molecule has 6 heteroatoms.